The maximum absolute atomic E-state index is 12.2. The maximum atomic E-state index is 12.2. The molecule has 1 saturated heterocycles. The van der Waals surface area contributed by atoms with Crippen LogP contribution < -0.4 is 4.90 Å². The van der Waals surface area contributed by atoms with Gasteiger partial charge in [0.25, 0.3) is 0 Å². The number of ether oxygens (including phenoxy) is 1. The molecule has 6 heteroatoms. The van der Waals surface area contributed by atoms with E-state index in [2.05, 4.69) is 5.16 Å². The Balaban J connectivity index is 1.37. The van der Waals surface area contributed by atoms with Crippen molar-refractivity contribution in [3.63, 3.8) is 0 Å². The summed E-state index contributed by atoms with van der Waals surface area (Å²) >= 11 is 0. The summed E-state index contributed by atoms with van der Waals surface area (Å²) in [6.07, 6.45) is 1.44. The molecule has 1 aliphatic rings. The van der Waals surface area contributed by atoms with Gasteiger partial charge in [0.1, 0.15) is 5.69 Å². The zero-order valence-electron chi connectivity index (χ0n) is 14.6. The van der Waals surface area contributed by atoms with Crippen molar-refractivity contribution in [2.24, 2.45) is 0 Å². The minimum Gasteiger partial charge on any atom is -0.454 e. The topological polar surface area (TPSA) is 72.6 Å². The van der Waals surface area contributed by atoms with E-state index in [-0.39, 0.29) is 12.5 Å². The van der Waals surface area contributed by atoms with E-state index in [1.807, 2.05) is 30.3 Å². The third-order valence-electron chi connectivity index (χ3n) is 4.46. The van der Waals surface area contributed by atoms with Gasteiger partial charge in [-0.25, -0.2) is 4.79 Å². The molecule has 0 unspecified atom stereocenters. The first kappa shape index (κ1) is 17.0. The van der Waals surface area contributed by atoms with Gasteiger partial charge in [0.15, 0.2) is 12.4 Å². The summed E-state index contributed by atoms with van der Waals surface area (Å²) in [6.45, 7) is 0.725. The van der Waals surface area contributed by atoms with E-state index in [1.54, 1.807) is 35.2 Å². The molecule has 27 heavy (non-hydrogen) atoms. The molecule has 0 radical (unpaired) electrons. The minimum atomic E-state index is -0.452. The van der Waals surface area contributed by atoms with Crippen LogP contribution in [-0.2, 0) is 16.1 Å². The highest BCUT2D eigenvalue weighted by atomic mass is 16.5. The quantitative estimate of drug-likeness (QED) is 0.645. The molecule has 4 rings (SSSR count). The van der Waals surface area contributed by atoms with Crippen LogP contribution in [0.5, 0.6) is 0 Å². The second-order valence-corrected chi connectivity index (χ2v) is 6.32. The third-order valence-corrected chi connectivity index (χ3v) is 4.46. The van der Waals surface area contributed by atoms with E-state index in [0.29, 0.717) is 23.4 Å². The summed E-state index contributed by atoms with van der Waals surface area (Å²) < 4.78 is 10.5. The molecule has 1 aromatic heterocycles. The van der Waals surface area contributed by atoms with Gasteiger partial charge in [-0.3, -0.25) is 4.79 Å². The molecule has 0 atom stereocenters. The Morgan fingerprint density at radius 2 is 1.89 bits per heavy atom. The first-order valence-electron chi connectivity index (χ1n) is 8.79. The Hall–Kier alpha value is -3.41. The second kappa shape index (κ2) is 7.45. The van der Waals surface area contributed by atoms with Crippen LogP contribution in [0.3, 0.4) is 0 Å². The van der Waals surface area contributed by atoms with Gasteiger partial charge in [-0.05, 0) is 30.7 Å². The number of anilines is 1. The number of carbonyl (C=O) groups is 2. The Bertz CT molecular complexity index is 948. The molecule has 6 nitrogen and oxygen atoms in total. The van der Waals surface area contributed by atoms with Crippen LogP contribution in [0.2, 0.25) is 0 Å². The molecular formula is C21H18N2O4. The van der Waals surface area contributed by atoms with Crippen molar-refractivity contribution in [1.29, 1.82) is 0 Å². The molecule has 0 saturated carbocycles. The number of esters is 1. The van der Waals surface area contributed by atoms with Crippen molar-refractivity contribution in [1.82, 2.24) is 5.16 Å². The monoisotopic (exact) mass is 362 g/mol. The summed E-state index contributed by atoms with van der Waals surface area (Å²) in [5.74, 6) is 0.137. The normalized spacial score (nSPS) is 13.8. The highest BCUT2D eigenvalue weighted by molar-refractivity contribution is 5.96. The smallest absolute Gasteiger partial charge is 0.338 e. The Labute approximate surface area is 156 Å². The summed E-state index contributed by atoms with van der Waals surface area (Å²) in [6, 6.07) is 18.2. The van der Waals surface area contributed by atoms with E-state index in [0.717, 1.165) is 24.2 Å². The summed E-state index contributed by atoms with van der Waals surface area (Å²) in [7, 11) is 0. The predicted octanol–water partition coefficient (Wildman–Crippen LogP) is 3.83. The highest BCUT2D eigenvalue weighted by Gasteiger charge is 2.21. The van der Waals surface area contributed by atoms with Crippen molar-refractivity contribution in [2.75, 3.05) is 11.4 Å². The number of carbonyl (C=O) groups excluding carboxylic acids is 2. The standard InChI is InChI=1S/C21H18N2O4/c24-20-7-4-12-23(20)17-10-8-16(9-11-17)21(25)26-14-18-13-19(22-27-18)15-5-2-1-3-6-15/h1-3,5-6,8-11,13H,4,7,12,14H2. The number of aromatic nitrogens is 1. The van der Waals surface area contributed by atoms with Crippen LogP contribution in [0.4, 0.5) is 5.69 Å². The first-order valence-corrected chi connectivity index (χ1v) is 8.79. The Morgan fingerprint density at radius 1 is 1.11 bits per heavy atom. The van der Waals surface area contributed by atoms with E-state index >= 15 is 0 Å². The molecule has 2 heterocycles. The molecule has 3 aromatic rings. The second-order valence-electron chi connectivity index (χ2n) is 6.32. The zero-order chi connectivity index (χ0) is 18.6. The van der Waals surface area contributed by atoms with E-state index in [9.17, 15) is 9.59 Å². The molecule has 1 amide bonds. The van der Waals surface area contributed by atoms with Gasteiger partial charge in [0, 0.05) is 30.3 Å². The first-order chi connectivity index (χ1) is 13.2. The van der Waals surface area contributed by atoms with Crippen LogP contribution in [0.15, 0.2) is 65.2 Å². The summed E-state index contributed by atoms with van der Waals surface area (Å²) in [5.41, 5.74) is 2.86. The molecule has 0 spiro atoms. The maximum Gasteiger partial charge on any atom is 0.338 e. The van der Waals surface area contributed by atoms with Crippen molar-refractivity contribution in [3.05, 3.63) is 72.0 Å². The fourth-order valence-electron chi connectivity index (χ4n) is 3.04. The van der Waals surface area contributed by atoms with Gasteiger partial charge in [0.05, 0.1) is 5.56 Å². The molecule has 1 fully saturated rings. The zero-order valence-corrected chi connectivity index (χ0v) is 14.6. The minimum absolute atomic E-state index is 0.00499. The SMILES string of the molecule is O=C(OCc1cc(-c2ccccc2)no1)c1ccc(N2CCCC2=O)cc1. The van der Waals surface area contributed by atoms with Crippen LogP contribution in [0.1, 0.15) is 29.0 Å². The molecule has 0 aliphatic carbocycles. The van der Waals surface area contributed by atoms with Gasteiger partial charge in [-0.1, -0.05) is 35.5 Å². The average molecular weight is 362 g/mol. The van der Waals surface area contributed by atoms with Crippen molar-refractivity contribution >= 4 is 17.6 Å². The molecule has 1 aliphatic heterocycles. The molecule has 0 N–H and O–H groups in total. The summed E-state index contributed by atoms with van der Waals surface area (Å²) in [5, 5.41) is 4.00. The third kappa shape index (κ3) is 3.74. The van der Waals surface area contributed by atoms with Gasteiger partial charge >= 0.3 is 5.97 Å². The van der Waals surface area contributed by atoms with E-state index in [1.165, 1.54) is 0 Å². The fourth-order valence-corrected chi connectivity index (χ4v) is 3.04. The lowest BCUT2D eigenvalue weighted by molar-refractivity contribution is -0.117. The van der Waals surface area contributed by atoms with Crippen molar-refractivity contribution in [2.45, 2.75) is 19.4 Å². The van der Waals surface area contributed by atoms with Crippen LogP contribution in [0.25, 0.3) is 11.3 Å². The van der Waals surface area contributed by atoms with Gasteiger partial charge in [0.2, 0.25) is 5.91 Å². The summed E-state index contributed by atoms with van der Waals surface area (Å²) in [4.78, 5) is 25.7. The van der Waals surface area contributed by atoms with Gasteiger partial charge in [-0.15, -0.1) is 0 Å². The number of rotatable bonds is 5. The molecule has 136 valence electrons. The number of hydrogen-bond acceptors (Lipinski definition) is 5. The lowest BCUT2D eigenvalue weighted by Crippen LogP contribution is -2.23. The van der Waals surface area contributed by atoms with Crippen molar-refractivity contribution in [3.8, 4) is 11.3 Å². The number of nitrogens with zero attached hydrogens (tertiary/aromatic N) is 2. The number of amides is 1. The van der Waals surface area contributed by atoms with Gasteiger partial charge < -0.3 is 14.2 Å². The number of hydrogen-bond donors (Lipinski definition) is 0. The molecule has 2 aromatic carbocycles. The lowest BCUT2D eigenvalue weighted by atomic mass is 10.1. The van der Waals surface area contributed by atoms with Crippen LogP contribution >= 0.6 is 0 Å². The molecule has 0 bridgehead atoms. The van der Waals surface area contributed by atoms with E-state index in [4.69, 9.17) is 9.26 Å². The van der Waals surface area contributed by atoms with E-state index < -0.39 is 5.97 Å². The predicted molar refractivity (Wildman–Crippen MR) is 99.1 cm³/mol. The highest BCUT2D eigenvalue weighted by Crippen LogP contribution is 2.22. The fraction of sp³-hybridized carbons (Fsp3) is 0.190. The van der Waals surface area contributed by atoms with Crippen LogP contribution in [-0.4, -0.2) is 23.6 Å². The van der Waals surface area contributed by atoms with Crippen LogP contribution in [0, 0.1) is 0 Å². The molecular weight excluding hydrogens is 344 g/mol. The number of benzene rings is 2. The largest absolute Gasteiger partial charge is 0.454 e. The Morgan fingerprint density at radius 3 is 2.59 bits per heavy atom. The van der Waals surface area contributed by atoms with Gasteiger partial charge in [-0.2, -0.15) is 0 Å². The Kier molecular flexibility index (Phi) is 4.70. The average Bonchev–Trinajstić information content (AvgIpc) is 3.36. The lowest BCUT2D eigenvalue weighted by Gasteiger charge is -2.15. The van der Waals surface area contributed by atoms with Crippen molar-refractivity contribution < 1.29 is 18.8 Å².